The molecular formula is C33H34F5N5O. The molecule has 1 aliphatic heterocycles. The van der Waals surface area contributed by atoms with Crippen molar-refractivity contribution in [1.29, 1.82) is 0 Å². The van der Waals surface area contributed by atoms with Gasteiger partial charge in [0.1, 0.15) is 11.6 Å². The maximum atomic E-state index is 14.3. The van der Waals surface area contributed by atoms with E-state index in [1.807, 2.05) is 0 Å². The number of nitrogens with two attached hydrogens (primary N) is 1. The topological polar surface area (TPSA) is 86.2 Å². The van der Waals surface area contributed by atoms with Crippen molar-refractivity contribution in [2.75, 3.05) is 38.0 Å². The number of aromatic nitrogens is 1. The predicted molar refractivity (Wildman–Crippen MR) is 163 cm³/mol. The zero-order chi connectivity index (χ0) is 31.4. The van der Waals surface area contributed by atoms with Crippen LogP contribution in [0.15, 0.2) is 66.9 Å². The summed E-state index contributed by atoms with van der Waals surface area (Å²) in [4.78, 5) is 17.5. The van der Waals surface area contributed by atoms with E-state index in [9.17, 15) is 26.7 Å². The van der Waals surface area contributed by atoms with E-state index in [1.54, 1.807) is 24.4 Å². The maximum Gasteiger partial charge on any atom is 0.417 e. The van der Waals surface area contributed by atoms with Crippen LogP contribution in [0.3, 0.4) is 0 Å². The third kappa shape index (κ3) is 7.05. The number of anilines is 1. The number of nitrogens with one attached hydrogen (secondary N) is 3. The Morgan fingerprint density at radius 3 is 2.48 bits per heavy atom. The lowest BCUT2D eigenvalue weighted by Gasteiger charge is -2.32. The summed E-state index contributed by atoms with van der Waals surface area (Å²) < 4.78 is 68.4. The van der Waals surface area contributed by atoms with E-state index >= 15 is 0 Å². The second kappa shape index (κ2) is 13.1. The number of alkyl halides is 3. The molecule has 232 valence electrons. The highest BCUT2D eigenvalue weighted by Gasteiger charge is 2.35. The highest BCUT2D eigenvalue weighted by Crippen LogP contribution is 2.38. The Balaban J connectivity index is 1.08. The molecule has 3 aromatic carbocycles. The monoisotopic (exact) mass is 611 g/mol. The van der Waals surface area contributed by atoms with Gasteiger partial charge in [0.05, 0.1) is 17.0 Å². The number of benzene rings is 3. The fourth-order valence-electron chi connectivity index (χ4n) is 5.72. The smallest absolute Gasteiger partial charge is 0.397 e. The third-order valence-electron chi connectivity index (χ3n) is 8.02. The van der Waals surface area contributed by atoms with Crippen LogP contribution in [-0.4, -0.2) is 48.4 Å². The molecule has 1 aromatic heterocycles. The molecule has 44 heavy (non-hydrogen) atoms. The zero-order valence-electron chi connectivity index (χ0n) is 24.2. The molecule has 0 radical (unpaired) electrons. The number of ketones is 1. The van der Waals surface area contributed by atoms with Gasteiger partial charge in [0.2, 0.25) is 0 Å². The minimum atomic E-state index is -4.65. The van der Waals surface area contributed by atoms with Gasteiger partial charge in [0.15, 0.2) is 5.78 Å². The number of halogens is 5. The van der Waals surface area contributed by atoms with E-state index in [1.165, 1.54) is 31.2 Å². The Kier molecular flexibility index (Phi) is 9.24. The van der Waals surface area contributed by atoms with Crippen LogP contribution < -0.4 is 16.4 Å². The summed E-state index contributed by atoms with van der Waals surface area (Å²) >= 11 is 0. The number of rotatable bonds is 10. The van der Waals surface area contributed by atoms with E-state index in [2.05, 4.69) is 20.5 Å². The molecule has 0 aliphatic carbocycles. The molecule has 2 heterocycles. The van der Waals surface area contributed by atoms with Crippen molar-refractivity contribution in [1.82, 2.24) is 15.2 Å². The van der Waals surface area contributed by atoms with Crippen molar-refractivity contribution in [3.63, 3.8) is 0 Å². The highest BCUT2D eigenvalue weighted by molar-refractivity contribution is 6.06. The number of carbonyl (C=O) groups excluding carboxylic acids is 1. The number of fused-ring (bicyclic) bond motifs is 1. The van der Waals surface area contributed by atoms with Crippen LogP contribution in [0.2, 0.25) is 0 Å². The molecule has 0 bridgehead atoms. The van der Waals surface area contributed by atoms with Crippen molar-refractivity contribution in [3.05, 3.63) is 95.3 Å². The van der Waals surface area contributed by atoms with Crippen LogP contribution >= 0.6 is 0 Å². The molecule has 4 aromatic rings. The normalized spacial score (nSPS) is 15.1. The molecule has 11 heteroatoms. The van der Waals surface area contributed by atoms with Gasteiger partial charge in [-0.05, 0) is 79.9 Å². The van der Waals surface area contributed by atoms with Crippen LogP contribution in [0, 0.1) is 17.6 Å². The van der Waals surface area contributed by atoms with Gasteiger partial charge in [-0.15, -0.1) is 0 Å². The summed E-state index contributed by atoms with van der Waals surface area (Å²) in [5, 5.41) is 7.12. The summed E-state index contributed by atoms with van der Waals surface area (Å²) in [7, 11) is 0. The lowest BCUT2D eigenvalue weighted by Crippen LogP contribution is -2.39. The third-order valence-corrected chi connectivity index (χ3v) is 8.02. The van der Waals surface area contributed by atoms with E-state index in [0.717, 1.165) is 56.4 Å². The molecule has 6 nitrogen and oxygen atoms in total. The molecule has 0 atom stereocenters. The minimum absolute atomic E-state index is 0.169. The second-order valence-electron chi connectivity index (χ2n) is 11.1. The standard InChI is InChI=1S/C33H34F5N5O/c1-20(44)32-31(25-17-23(34)7-10-29(25)42-32)28(39)19-40-18-21-11-14-43(15-12-21)16-13-41-24-8-5-22(6-9-24)30-26(33(36,37)38)3-2-4-27(30)35/h2-10,17,19,21,40-42H,11-16,18,39H2,1H3/b28-19-. The number of hydrogen-bond donors (Lipinski definition) is 4. The summed E-state index contributed by atoms with van der Waals surface area (Å²) in [5.41, 5.74) is 7.64. The van der Waals surface area contributed by atoms with Crippen molar-refractivity contribution < 1.29 is 26.7 Å². The minimum Gasteiger partial charge on any atom is -0.397 e. The molecule has 5 N–H and O–H groups in total. The number of H-pyrrole nitrogens is 1. The number of carbonyl (C=O) groups is 1. The van der Waals surface area contributed by atoms with Gasteiger partial charge in [0, 0.05) is 60.5 Å². The average Bonchev–Trinajstić information content (AvgIpc) is 3.37. The molecule has 5 rings (SSSR count). The highest BCUT2D eigenvalue weighted by atomic mass is 19.4. The van der Waals surface area contributed by atoms with Gasteiger partial charge >= 0.3 is 6.18 Å². The van der Waals surface area contributed by atoms with Crippen molar-refractivity contribution in [2.24, 2.45) is 11.7 Å². The van der Waals surface area contributed by atoms with Gasteiger partial charge in [-0.2, -0.15) is 13.2 Å². The Bertz CT molecular complexity index is 1650. The number of piperidine rings is 1. The van der Waals surface area contributed by atoms with Crippen molar-refractivity contribution >= 4 is 28.1 Å². The van der Waals surface area contributed by atoms with Crippen molar-refractivity contribution in [3.8, 4) is 11.1 Å². The Morgan fingerprint density at radius 2 is 1.80 bits per heavy atom. The number of aromatic amines is 1. The Hall–Kier alpha value is -4.38. The summed E-state index contributed by atoms with van der Waals surface area (Å²) in [6.45, 7) is 5.42. The molecule has 1 fully saturated rings. The van der Waals surface area contributed by atoms with Crippen LogP contribution in [-0.2, 0) is 6.18 Å². The molecule has 1 saturated heterocycles. The summed E-state index contributed by atoms with van der Waals surface area (Å²) in [6, 6.07) is 13.6. The summed E-state index contributed by atoms with van der Waals surface area (Å²) in [6.07, 6.45) is -1.01. The lowest BCUT2D eigenvalue weighted by molar-refractivity contribution is -0.137. The first-order valence-corrected chi connectivity index (χ1v) is 14.4. The zero-order valence-corrected chi connectivity index (χ0v) is 24.2. The van der Waals surface area contributed by atoms with E-state index in [-0.39, 0.29) is 11.3 Å². The molecule has 1 aliphatic rings. The van der Waals surface area contributed by atoms with Gasteiger partial charge in [-0.3, -0.25) is 4.79 Å². The van der Waals surface area contributed by atoms with E-state index in [4.69, 9.17) is 5.73 Å². The number of nitrogens with zero attached hydrogens (tertiary/aromatic N) is 1. The second-order valence-corrected chi connectivity index (χ2v) is 11.1. The molecule has 0 saturated carbocycles. The Morgan fingerprint density at radius 1 is 1.07 bits per heavy atom. The fourth-order valence-corrected chi connectivity index (χ4v) is 5.72. The number of likely N-dealkylation sites (tertiary alicyclic amines) is 1. The first-order valence-electron chi connectivity index (χ1n) is 14.4. The first-order chi connectivity index (χ1) is 21.0. The molecular weight excluding hydrogens is 577 g/mol. The molecule has 0 unspecified atom stereocenters. The molecule has 0 spiro atoms. The fraction of sp³-hybridized carbons (Fsp3) is 0.303. The largest absolute Gasteiger partial charge is 0.417 e. The van der Waals surface area contributed by atoms with E-state index in [0.29, 0.717) is 46.9 Å². The quantitative estimate of drug-likeness (QED) is 0.115. The Labute approximate surface area is 252 Å². The first kappa shape index (κ1) is 31.1. The van der Waals surface area contributed by atoms with Gasteiger partial charge in [-0.25, -0.2) is 8.78 Å². The van der Waals surface area contributed by atoms with Crippen LogP contribution in [0.5, 0.6) is 0 Å². The van der Waals surface area contributed by atoms with Crippen LogP contribution in [0.1, 0.15) is 41.4 Å². The van der Waals surface area contributed by atoms with Crippen molar-refractivity contribution in [2.45, 2.75) is 25.9 Å². The average molecular weight is 612 g/mol. The van der Waals surface area contributed by atoms with Gasteiger partial charge in [0.25, 0.3) is 0 Å². The van der Waals surface area contributed by atoms with Gasteiger partial charge < -0.3 is 26.3 Å². The molecule has 0 amide bonds. The number of Topliss-reactive ketones (excluding diaryl/α,β-unsaturated/α-hetero) is 1. The predicted octanol–water partition coefficient (Wildman–Crippen LogP) is 7.01. The maximum absolute atomic E-state index is 14.3. The SMILES string of the molecule is CC(=O)c1[nH]c2ccc(F)cc2c1/C(N)=C/NCC1CCN(CCNc2ccc(-c3c(F)cccc3C(F)(F)F)cc2)CC1. The van der Waals surface area contributed by atoms with Crippen LogP contribution in [0.25, 0.3) is 27.7 Å². The van der Waals surface area contributed by atoms with E-state index < -0.39 is 28.9 Å². The summed E-state index contributed by atoms with van der Waals surface area (Å²) in [5.74, 6) is -1.07. The lowest BCUT2D eigenvalue weighted by atomic mass is 9.97. The van der Waals surface area contributed by atoms with Crippen LogP contribution in [0.4, 0.5) is 27.6 Å². The van der Waals surface area contributed by atoms with Gasteiger partial charge in [-0.1, -0.05) is 18.2 Å². The number of hydrogen-bond acceptors (Lipinski definition) is 5.